The van der Waals surface area contributed by atoms with Crippen molar-refractivity contribution in [2.45, 2.75) is 116 Å². The first-order chi connectivity index (χ1) is 18.8. The molecule has 0 heterocycles. The van der Waals surface area contributed by atoms with E-state index in [1.165, 1.54) is 83.5 Å². The molecule has 0 spiro atoms. The molecule has 0 N–H and O–H groups in total. The lowest BCUT2D eigenvalue weighted by molar-refractivity contribution is -0.143. The Balaban J connectivity index is 1.52. The number of rotatable bonds is 22. The van der Waals surface area contributed by atoms with Gasteiger partial charge in [-0.2, -0.15) is 0 Å². The van der Waals surface area contributed by atoms with E-state index in [1.54, 1.807) is 0 Å². The molecular weight excluding hydrogens is 464 g/mol. The number of esters is 1. The van der Waals surface area contributed by atoms with E-state index in [0.29, 0.717) is 19.4 Å². The minimum absolute atomic E-state index is 0.0641. The first-order valence-corrected chi connectivity index (χ1v) is 15.4. The highest BCUT2D eigenvalue weighted by atomic mass is 16.5. The molecular formula is C36H52O2. The third-order valence-corrected chi connectivity index (χ3v) is 7.08. The number of carbonyl (C=O) groups is 1. The molecule has 0 aliphatic rings. The van der Waals surface area contributed by atoms with Crippen molar-refractivity contribution in [2.24, 2.45) is 0 Å². The maximum Gasteiger partial charge on any atom is 0.305 e. The summed E-state index contributed by atoms with van der Waals surface area (Å²) in [5.41, 5.74) is 3.47. The standard InChI is InChI=1S/C36H52O2/c1-2-3-4-5-6-7-8-9-10-11-12-13-14-15-22-27-36(37)38-31-30-35(32-34-25-20-17-21-26-34)29-28-33-23-18-16-19-24-33/h16-21,23-26,28-29,32H,2-15,22,27,30-31H2,1H3. The van der Waals surface area contributed by atoms with Crippen molar-refractivity contribution in [3.05, 3.63) is 83.4 Å². The molecule has 38 heavy (non-hydrogen) atoms. The van der Waals surface area contributed by atoms with Crippen LogP contribution in [0.4, 0.5) is 0 Å². The van der Waals surface area contributed by atoms with E-state index in [4.69, 9.17) is 4.74 Å². The molecule has 0 radical (unpaired) electrons. The number of unbranched alkanes of at least 4 members (excludes halogenated alkanes) is 14. The largest absolute Gasteiger partial charge is 0.465 e. The zero-order valence-corrected chi connectivity index (χ0v) is 24.0. The Morgan fingerprint density at radius 3 is 1.61 bits per heavy atom. The molecule has 0 amide bonds. The third-order valence-electron chi connectivity index (χ3n) is 7.08. The summed E-state index contributed by atoms with van der Waals surface area (Å²) in [7, 11) is 0. The summed E-state index contributed by atoms with van der Waals surface area (Å²) in [6.07, 6.45) is 27.7. The summed E-state index contributed by atoms with van der Waals surface area (Å²) in [4.78, 5) is 12.2. The van der Waals surface area contributed by atoms with Gasteiger partial charge in [0.15, 0.2) is 0 Å². The quantitative estimate of drug-likeness (QED) is 0.0883. The highest BCUT2D eigenvalue weighted by molar-refractivity contribution is 5.69. The lowest BCUT2D eigenvalue weighted by Crippen LogP contribution is -2.06. The van der Waals surface area contributed by atoms with Gasteiger partial charge in [-0.05, 0) is 23.1 Å². The smallest absolute Gasteiger partial charge is 0.305 e. The average Bonchev–Trinajstić information content (AvgIpc) is 2.95. The molecule has 2 nitrogen and oxygen atoms in total. The topological polar surface area (TPSA) is 26.3 Å². The molecule has 208 valence electrons. The number of ether oxygens (including phenoxy) is 1. The molecule has 2 rings (SSSR count). The summed E-state index contributed by atoms with van der Waals surface area (Å²) in [5, 5.41) is 0. The fraction of sp³-hybridized carbons (Fsp3) is 0.528. The second kappa shape index (κ2) is 22.4. The Labute approximate surface area is 233 Å². The van der Waals surface area contributed by atoms with Crippen LogP contribution in [0.2, 0.25) is 0 Å². The van der Waals surface area contributed by atoms with Gasteiger partial charge in [0.1, 0.15) is 0 Å². The lowest BCUT2D eigenvalue weighted by atomic mass is 10.0. The number of hydrogen-bond donors (Lipinski definition) is 0. The second-order valence-corrected chi connectivity index (χ2v) is 10.5. The average molecular weight is 517 g/mol. The van der Waals surface area contributed by atoms with Gasteiger partial charge in [0.05, 0.1) is 6.61 Å². The van der Waals surface area contributed by atoms with E-state index in [1.807, 2.05) is 36.4 Å². The van der Waals surface area contributed by atoms with Crippen LogP contribution in [0, 0.1) is 0 Å². The van der Waals surface area contributed by atoms with Crippen molar-refractivity contribution in [2.75, 3.05) is 6.61 Å². The van der Waals surface area contributed by atoms with Gasteiger partial charge in [-0.15, -0.1) is 0 Å². The Kier molecular flexibility index (Phi) is 18.6. The number of carbonyl (C=O) groups excluding carboxylic acids is 1. The Morgan fingerprint density at radius 2 is 1.08 bits per heavy atom. The number of allylic oxidation sites excluding steroid dienone is 1. The normalized spacial score (nSPS) is 11.8. The van der Waals surface area contributed by atoms with Crippen LogP contribution in [-0.2, 0) is 9.53 Å². The van der Waals surface area contributed by atoms with Gasteiger partial charge < -0.3 is 4.74 Å². The molecule has 2 aromatic rings. The zero-order valence-electron chi connectivity index (χ0n) is 24.0. The van der Waals surface area contributed by atoms with E-state index in [0.717, 1.165) is 29.5 Å². The van der Waals surface area contributed by atoms with Gasteiger partial charge in [-0.1, -0.05) is 176 Å². The lowest BCUT2D eigenvalue weighted by Gasteiger charge is -2.07. The van der Waals surface area contributed by atoms with Gasteiger partial charge in [0.25, 0.3) is 0 Å². The van der Waals surface area contributed by atoms with Gasteiger partial charge in [-0.25, -0.2) is 0 Å². The minimum atomic E-state index is -0.0641. The predicted octanol–water partition coefficient (Wildman–Crippen LogP) is 11.0. The molecule has 0 saturated carbocycles. The molecule has 0 aliphatic heterocycles. The minimum Gasteiger partial charge on any atom is -0.465 e. The summed E-state index contributed by atoms with van der Waals surface area (Å²) < 4.78 is 5.57. The van der Waals surface area contributed by atoms with E-state index in [9.17, 15) is 4.79 Å². The molecule has 0 aliphatic carbocycles. The van der Waals surface area contributed by atoms with E-state index in [-0.39, 0.29) is 5.97 Å². The van der Waals surface area contributed by atoms with Crippen LogP contribution in [0.15, 0.2) is 72.3 Å². The number of benzene rings is 2. The summed E-state index contributed by atoms with van der Waals surface area (Å²) in [6, 6.07) is 20.6. The first-order valence-electron chi connectivity index (χ1n) is 15.4. The fourth-order valence-corrected chi connectivity index (χ4v) is 4.73. The summed E-state index contributed by atoms with van der Waals surface area (Å²) >= 11 is 0. The molecule has 0 fully saturated rings. The molecule has 2 aromatic carbocycles. The molecule has 0 unspecified atom stereocenters. The van der Waals surface area contributed by atoms with E-state index in [2.05, 4.69) is 49.4 Å². The molecule has 0 saturated heterocycles. The highest BCUT2D eigenvalue weighted by Gasteiger charge is 2.04. The molecule has 2 heteroatoms. The van der Waals surface area contributed by atoms with Gasteiger partial charge in [-0.3, -0.25) is 4.79 Å². The van der Waals surface area contributed by atoms with Crippen molar-refractivity contribution in [1.82, 2.24) is 0 Å². The van der Waals surface area contributed by atoms with Gasteiger partial charge in [0.2, 0.25) is 0 Å². The molecule has 0 atom stereocenters. The van der Waals surface area contributed by atoms with Crippen molar-refractivity contribution >= 4 is 18.1 Å². The van der Waals surface area contributed by atoms with Crippen LogP contribution in [0.3, 0.4) is 0 Å². The third kappa shape index (κ3) is 17.0. The van der Waals surface area contributed by atoms with Crippen molar-refractivity contribution in [3.8, 4) is 0 Å². The van der Waals surface area contributed by atoms with Crippen molar-refractivity contribution < 1.29 is 9.53 Å². The van der Waals surface area contributed by atoms with Crippen LogP contribution < -0.4 is 0 Å². The SMILES string of the molecule is CCCCCCCCCCCCCCCCCC(=O)OCCC(C=Cc1ccccc1)=Cc1ccccc1. The highest BCUT2D eigenvalue weighted by Crippen LogP contribution is 2.16. The van der Waals surface area contributed by atoms with E-state index >= 15 is 0 Å². The van der Waals surface area contributed by atoms with Crippen LogP contribution in [0.1, 0.15) is 127 Å². The van der Waals surface area contributed by atoms with Gasteiger partial charge >= 0.3 is 5.97 Å². The van der Waals surface area contributed by atoms with E-state index < -0.39 is 0 Å². The Bertz CT molecular complexity index is 882. The van der Waals surface area contributed by atoms with Crippen LogP contribution in [0.25, 0.3) is 12.2 Å². The Hall–Kier alpha value is -2.61. The van der Waals surface area contributed by atoms with Gasteiger partial charge in [0, 0.05) is 12.8 Å². The maximum atomic E-state index is 12.2. The Morgan fingerprint density at radius 1 is 0.605 bits per heavy atom. The predicted molar refractivity (Wildman–Crippen MR) is 165 cm³/mol. The fourth-order valence-electron chi connectivity index (χ4n) is 4.73. The monoisotopic (exact) mass is 516 g/mol. The summed E-state index contributed by atoms with van der Waals surface area (Å²) in [6.45, 7) is 2.71. The van der Waals surface area contributed by atoms with Crippen LogP contribution in [0.5, 0.6) is 0 Å². The van der Waals surface area contributed by atoms with Crippen LogP contribution >= 0.6 is 0 Å². The number of hydrogen-bond acceptors (Lipinski definition) is 2. The first kappa shape index (κ1) is 31.6. The summed E-state index contributed by atoms with van der Waals surface area (Å²) in [5.74, 6) is -0.0641. The second-order valence-electron chi connectivity index (χ2n) is 10.5. The molecule has 0 aromatic heterocycles. The molecule has 0 bridgehead atoms. The van der Waals surface area contributed by atoms with Crippen molar-refractivity contribution in [1.29, 1.82) is 0 Å². The van der Waals surface area contributed by atoms with Crippen molar-refractivity contribution in [3.63, 3.8) is 0 Å². The maximum absolute atomic E-state index is 12.2. The zero-order chi connectivity index (χ0) is 26.9. The van der Waals surface area contributed by atoms with Crippen LogP contribution in [-0.4, -0.2) is 12.6 Å².